The predicted molar refractivity (Wildman–Crippen MR) is 153 cm³/mol. The fraction of sp³-hybridized carbons (Fsp3) is 0.367. The lowest BCUT2D eigenvalue weighted by Crippen LogP contribution is -2.34. The molecule has 2 N–H and O–H groups in total. The molecule has 0 radical (unpaired) electrons. The van der Waals surface area contributed by atoms with Crippen LogP contribution in [0.25, 0.3) is 0 Å². The first-order valence-electron chi connectivity index (χ1n) is 13.7. The van der Waals surface area contributed by atoms with Gasteiger partial charge in [-0.3, -0.25) is 4.79 Å². The zero-order chi connectivity index (χ0) is 31.9. The van der Waals surface area contributed by atoms with Crippen LogP contribution in [0.15, 0.2) is 77.7 Å². The first-order valence-corrected chi connectivity index (χ1v) is 15.4. The number of alkyl halides is 4. The van der Waals surface area contributed by atoms with Crippen LogP contribution in [0.4, 0.5) is 23.2 Å². The Bertz CT molecular complexity index is 1470. The summed E-state index contributed by atoms with van der Waals surface area (Å²) in [5.41, 5.74) is 1.42. The molecule has 1 saturated heterocycles. The molecule has 14 heteroatoms. The van der Waals surface area contributed by atoms with Gasteiger partial charge in [0.2, 0.25) is 0 Å². The number of amides is 1. The molecule has 1 aliphatic rings. The molecule has 238 valence electrons. The Labute approximate surface area is 252 Å². The number of ether oxygens (including phenoxy) is 3. The van der Waals surface area contributed by atoms with Crippen molar-refractivity contribution in [1.82, 2.24) is 5.32 Å². The van der Waals surface area contributed by atoms with E-state index >= 15 is 0 Å². The average Bonchev–Trinajstić information content (AvgIpc) is 3.42. The maximum Gasteiger partial charge on any atom is 0.387 e. The van der Waals surface area contributed by atoms with E-state index in [0.29, 0.717) is 30.0 Å². The Hall–Kier alpha value is -3.88. The third kappa shape index (κ3) is 8.61. The van der Waals surface area contributed by atoms with E-state index in [9.17, 15) is 35.9 Å². The number of carbonyl (C=O) groups is 1. The number of rotatable bonds is 14. The van der Waals surface area contributed by atoms with Crippen LogP contribution in [0.3, 0.4) is 0 Å². The number of hydrogen-bond donors (Lipinski definition) is 2. The average molecular weight is 641 g/mol. The van der Waals surface area contributed by atoms with Crippen molar-refractivity contribution in [1.29, 1.82) is 0 Å². The lowest BCUT2D eigenvalue weighted by Gasteiger charge is -2.26. The minimum absolute atomic E-state index is 0.0293. The maximum atomic E-state index is 13.0. The van der Waals surface area contributed by atoms with E-state index in [4.69, 9.17) is 4.74 Å². The van der Waals surface area contributed by atoms with Crippen LogP contribution in [0.5, 0.6) is 11.5 Å². The second-order valence-corrected chi connectivity index (χ2v) is 12.2. The molecular formula is C30H32F4N2O7S. The molecule has 0 spiro atoms. The molecule has 1 fully saturated rings. The number of anilines is 1. The van der Waals surface area contributed by atoms with Gasteiger partial charge in [-0.15, -0.1) is 0 Å². The van der Waals surface area contributed by atoms with Gasteiger partial charge >= 0.3 is 13.2 Å². The van der Waals surface area contributed by atoms with Crippen LogP contribution < -0.4 is 19.7 Å². The zero-order valence-corrected chi connectivity index (χ0v) is 24.4. The highest BCUT2D eigenvalue weighted by atomic mass is 32.2. The molecule has 44 heavy (non-hydrogen) atoms. The third-order valence-corrected chi connectivity index (χ3v) is 8.86. The predicted octanol–water partition coefficient (Wildman–Crippen LogP) is 4.81. The summed E-state index contributed by atoms with van der Waals surface area (Å²) in [6, 6.07) is 16.7. The van der Waals surface area contributed by atoms with Gasteiger partial charge in [-0.05, 0) is 66.2 Å². The number of halogens is 4. The number of nitrogens with one attached hydrogen (secondary N) is 1. The van der Waals surface area contributed by atoms with Gasteiger partial charge in [0.05, 0.1) is 42.5 Å². The number of aliphatic hydroxyl groups is 1. The molecule has 0 aliphatic carbocycles. The summed E-state index contributed by atoms with van der Waals surface area (Å²) >= 11 is 0. The second kappa shape index (κ2) is 14.7. The first-order chi connectivity index (χ1) is 21.0. The van der Waals surface area contributed by atoms with Crippen molar-refractivity contribution in [3.63, 3.8) is 0 Å². The zero-order valence-electron chi connectivity index (χ0n) is 23.6. The number of benzene rings is 3. The van der Waals surface area contributed by atoms with Gasteiger partial charge in [0.15, 0.2) is 9.84 Å². The highest BCUT2D eigenvalue weighted by Crippen LogP contribution is 2.30. The van der Waals surface area contributed by atoms with E-state index in [1.807, 2.05) is 4.90 Å². The standard InChI is InChI=1S/C30H32F4N2O7S/c1-2-44(39,40)26-13-5-19(6-14-26)27(17-37)35-28(38)20-3-7-21(8-4-20)36-16-25(15-22(36)18-41-29(31)32)42-23-9-11-24(12-10-23)43-30(33)34/h3-14,22,25,27,29-30,37H,2,15-18H2,1H3,(H,35,38)/t22-,25?,27-/m0/s1. The Morgan fingerprint density at radius 1 is 0.955 bits per heavy atom. The van der Waals surface area contributed by atoms with E-state index in [1.54, 1.807) is 24.3 Å². The van der Waals surface area contributed by atoms with Crippen LogP contribution >= 0.6 is 0 Å². The van der Waals surface area contributed by atoms with Gasteiger partial charge < -0.3 is 29.5 Å². The fourth-order valence-electron chi connectivity index (χ4n) is 4.86. The smallest absolute Gasteiger partial charge is 0.387 e. The van der Waals surface area contributed by atoms with Crippen molar-refractivity contribution < 1.29 is 50.1 Å². The number of sulfone groups is 1. The molecule has 0 bridgehead atoms. The summed E-state index contributed by atoms with van der Waals surface area (Å²) in [5, 5.41) is 12.6. The van der Waals surface area contributed by atoms with E-state index in [-0.39, 0.29) is 28.6 Å². The van der Waals surface area contributed by atoms with Crippen molar-refractivity contribution in [3.05, 3.63) is 83.9 Å². The summed E-state index contributed by atoms with van der Waals surface area (Å²) in [4.78, 5) is 14.9. The molecule has 3 aromatic rings. The molecule has 0 aromatic heterocycles. The normalized spacial score (nSPS) is 17.6. The Kier molecular flexibility index (Phi) is 11.1. The molecule has 1 heterocycles. The van der Waals surface area contributed by atoms with E-state index < -0.39 is 53.8 Å². The van der Waals surface area contributed by atoms with Crippen LogP contribution in [0.1, 0.15) is 35.3 Å². The second-order valence-electron chi connectivity index (χ2n) is 9.95. The van der Waals surface area contributed by atoms with Gasteiger partial charge in [-0.1, -0.05) is 19.1 Å². The van der Waals surface area contributed by atoms with Gasteiger partial charge in [0.1, 0.15) is 17.6 Å². The summed E-state index contributed by atoms with van der Waals surface area (Å²) < 4.78 is 89.6. The molecular weight excluding hydrogens is 608 g/mol. The molecule has 3 atom stereocenters. The number of nitrogens with zero attached hydrogens (tertiary/aromatic N) is 1. The number of hydrogen-bond acceptors (Lipinski definition) is 8. The SMILES string of the molecule is CCS(=O)(=O)c1ccc([C@H](CO)NC(=O)c2ccc(N3CC(Oc4ccc(OC(F)F)cc4)C[C@H]3COC(F)F)cc2)cc1. The summed E-state index contributed by atoms with van der Waals surface area (Å²) in [6.07, 6.45) is -0.101. The molecule has 0 saturated carbocycles. The number of carbonyl (C=O) groups excluding carboxylic acids is 1. The van der Waals surface area contributed by atoms with E-state index in [1.165, 1.54) is 55.5 Å². The van der Waals surface area contributed by atoms with Gasteiger partial charge in [0, 0.05) is 17.7 Å². The van der Waals surface area contributed by atoms with Gasteiger partial charge in [0.25, 0.3) is 5.91 Å². The fourth-order valence-corrected chi connectivity index (χ4v) is 5.75. The quantitative estimate of drug-likeness (QED) is 0.242. The summed E-state index contributed by atoms with van der Waals surface area (Å²) in [6.45, 7) is -4.78. The van der Waals surface area contributed by atoms with Crippen molar-refractivity contribution in [2.75, 3.05) is 30.4 Å². The van der Waals surface area contributed by atoms with E-state index in [0.717, 1.165) is 0 Å². The monoisotopic (exact) mass is 640 g/mol. The third-order valence-electron chi connectivity index (χ3n) is 7.11. The molecule has 1 aliphatic heterocycles. The maximum absolute atomic E-state index is 13.0. The van der Waals surface area contributed by atoms with Gasteiger partial charge in [-0.2, -0.15) is 17.6 Å². The molecule has 1 amide bonds. The lowest BCUT2D eigenvalue weighted by atomic mass is 10.1. The van der Waals surface area contributed by atoms with Crippen molar-refractivity contribution in [2.45, 2.75) is 49.7 Å². The Morgan fingerprint density at radius 2 is 1.59 bits per heavy atom. The first kappa shape index (κ1) is 33.0. The van der Waals surface area contributed by atoms with Crippen LogP contribution in [-0.2, 0) is 14.6 Å². The Morgan fingerprint density at radius 3 is 2.16 bits per heavy atom. The van der Waals surface area contributed by atoms with Crippen molar-refractivity contribution in [2.24, 2.45) is 0 Å². The van der Waals surface area contributed by atoms with Crippen LogP contribution in [0.2, 0.25) is 0 Å². The number of aliphatic hydroxyl groups excluding tert-OH is 1. The van der Waals surface area contributed by atoms with Crippen LogP contribution in [0, 0.1) is 0 Å². The van der Waals surface area contributed by atoms with Gasteiger partial charge in [-0.25, -0.2) is 8.42 Å². The van der Waals surface area contributed by atoms with Crippen molar-refractivity contribution in [3.8, 4) is 11.5 Å². The van der Waals surface area contributed by atoms with Crippen LogP contribution in [-0.4, -0.2) is 70.3 Å². The van der Waals surface area contributed by atoms with E-state index in [2.05, 4.69) is 14.8 Å². The highest BCUT2D eigenvalue weighted by molar-refractivity contribution is 7.91. The summed E-state index contributed by atoms with van der Waals surface area (Å²) in [5.74, 6) is -0.180. The molecule has 3 aromatic carbocycles. The highest BCUT2D eigenvalue weighted by Gasteiger charge is 2.34. The minimum atomic E-state index is -3.40. The lowest BCUT2D eigenvalue weighted by molar-refractivity contribution is -0.131. The minimum Gasteiger partial charge on any atom is -0.489 e. The summed E-state index contributed by atoms with van der Waals surface area (Å²) in [7, 11) is -3.40. The molecule has 4 rings (SSSR count). The van der Waals surface area contributed by atoms with Crippen molar-refractivity contribution >= 4 is 21.4 Å². The largest absolute Gasteiger partial charge is 0.489 e. The molecule has 9 nitrogen and oxygen atoms in total. The topological polar surface area (TPSA) is 114 Å². The Balaban J connectivity index is 1.42. The molecule has 1 unspecified atom stereocenters.